The molecule has 1 atom stereocenters. The fourth-order valence-corrected chi connectivity index (χ4v) is 3.08. The highest BCUT2D eigenvalue weighted by atomic mass is 79.9. The van der Waals surface area contributed by atoms with E-state index in [0.29, 0.717) is 17.0 Å². The molecule has 0 radical (unpaired) electrons. The first-order valence-corrected chi connectivity index (χ1v) is 7.96. The van der Waals surface area contributed by atoms with Crippen LogP contribution in [0.2, 0.25) is 5.15 Å². The van der Waals surface area contributed by atoms with Crippen LogP contribution in [0.3, 0.4) is 0 Å². The standard InChI is InChI=1S/C15H14BrClN2O2/c1-8(9-2-3-9)19-14(20)12(13(17)18-15(19)21)10-4-6-11(16)7-5-10/h4-9H,2-3H2,1H3,(H,18,21). The summed E-state index contributed by atoms with van der Waals surface area (Å²) in [5.41, 5.74) is 0.271. The molecule has 1 aromatic heterocycles. The van der Waals surface area contributed by atoms with E-state index in [4.69, 9.17) is 11.6 Å². The number of aromatic amines is 1. The van der Waals surface area contributed by atoms with Crippen LogP contribution in [-0.2, 0) is 0 Å². The van der Waals surface area contributed by atoms with Gasteiger partial charge in [0.2, 0.25) is 0 Å². The van der Waals surface area contributed by atoms with Gasteiger partial charge in [-0.2, -0.15) is 0 Å². The summed E-state index contributed by atoms with van der Waals surface area (Å²) in [6.07, 6.45) is 2.12. The molecule has 21 heavy (non-hydrogen) atoms. The molecule has 1 unspecified atom stereocenters. The third-order valence-electron chi connectivity index (χ3n) is 3.93. The van der Waals surface area contributed by atoms with Crippen molar-refractivity contribution in [2.45, 2.75) is 25.8 Å². The molecule has 1 aromatic carbocycles. The van der Waals surface area contributed by atoms with Gasteiger partial charge in [0.05, 0.1) is 5.56 Å². The lowest BCUT2D eigenvalue weighted by atomic mass is 10.1. The van der Waals surface area contributed by atoms with Crippen molar-refractivity contribution in [2.75, 3.05) is 0 Å². The number of hydrogen-bond acceptors (Lipinski definition) is 2. The van der Waals surface area contributed by atoms with Crippen molar-refractivity contribution in [1.29, 1.82) is 0 Å². The Balaban J connectivity index is 2.21. The molecule has 1 heterocycles. The Morgan fingerprint density at radius 1 is 1.29 bits per heavy atom. The number of benzene rings is 1. The first kappa shape index (κ1) is 14.6. The van der Waals surface area contributed by atoms with E-state index in [-0.39, 0.29) is 16.8 Å². The van der Waals surface area contributed by atoms with E-state index in [0.717, 1.165) is 17.3 Å². The molecular formula is C15H14BrClN2O2. The predicted octanol–water partition coefficient (Wildman–Crippen LogP) is 3.59. The van der Waals surface area contributed by atoms with Gasteiger partial charge < -0.3 is 0 Å². The van der Waals surface area contributed by atoms with Crippen molar-refractivity contribution >= 4 is 27.5 Å². The zero-order valence-electron chi connectivity index (χ0n) is 11.4. The Bertz CT molecular complexity index is 791. The molecule has 1 fully saturated rings. The first-order valence-electron chi connectivity index (χ1n) is 6.79. The third-order valence-corrected chi connectivity index (χ3v) is 4.74. The minimum Gasteiger partial charge on any atom is -0.297 e. The number of halogens is 2. The van der Waals surface area contributed by atoms with Crippen LogP contribution in [0, 0.1) is 5.92 Å². The van der Waals surface area contributed by atoms with Crippen molar-refractivity contribution in [3.05, 3.63) is 54.7 Å². The van der Waals surface area contributed by atoms with Crippen LogP contribution in [0.5, 0.6) is 0 Å². The summed E-state index contributed by atoms with van der Waals surface area (Å²) in [5, 5.41) is 0.0894. The Kier molecular flexibility index (Phi) is 3.80. The monoisotopic (exact) mass is 368 g/mol. The van der Waals surface area contributed by atoms with Gasteiger partial charge in [0.15, 0.2) is 0 Å². The Morgan fingerprint density at radius 2 is 1.90 bits per heavy atom. The number of hydrogen-bond donors (Lipinski definition) is 1. The van der Waals surface area contributed by atoms with Crippen LogP contribution in [-0.4, -0.2) is 9.55 Å². The van der Waals surface area contributed by atoms with Gasteiger partial charge in [-0.3, -0.25) is 14.3 Å². The van der Waals surface area contributed by atoms with E-state index in [1.807, 2.05) is 19.1 Å². The molecule has 6 heteroatoms. The second kappa shape index (κ2) is 5.46. The molecule has 0 aliphatic heterocycles. The average molecular weight is 370 g/mol. The number of nitrogens with zero attached hydrogens (tertiary/aromatic N) is 1. The van der Waals surface area contributed by atoms with E-state index < -0.39 is 5.69 Å². The molecule has 0 amide bonds. The van der Waals surface area contributed by atoms with Gasteiger partial charge in [0, 0.05) is 10.5 Å². The quantitative estimate of drug-likeness (QED) is 0.841. The van der Waals surface area contributed by atoms with E-state index >= 15 is 0 Å². The summed E-state index contributed by atoms with van der Waals surface area (Å²) in [6.45, 7) is 1.91. The summed E-state index contributed by atoms with van der Waals surface area (Å²) in [5.74, 6) is 0.405. The Morgan fingerprint density at radius 3 is 2.48 bits per heavy atom. The predicted molar refractivity (Wildman–Crippen MR) is 86.9 cm³/mol. The largest absolute Gasteiger partial charge is 0.329 e. The highest BCUT2D eigenvalue weighted by molar-refractivity contribution is 9.10. The summed E-state index contributed by atoms with van der Waals surface area (Å²) in [7, 11) is 0. The maximum Gasteiger partial charge on any atom is 0.329 e. The van der Waals surface area contributed by atoms with E-state index in [9.17, 15) is 9.59 Å². The van der Waals surface area contributed by atoms with Crippen LogP contribution in [0.4, 0.5) is 0 Å². The lowest BCUT2D eigenvalue weighted by Gasteiger charge is -2.15. The maximum atomic E-state index is 12.7. The van der Waals surface area contributed by atoms with Crippen LogP contribution >= 0.6 is 27.5 Å². The van der Waals surface area contributed by atoms with Crippen LogP contribution in [0.25, 0.3) is 11.1 Å². The van der Waals surface area contributed by atoms with Gasteiger partial charge in [-0.25, -0.2) is 4.79 Å². The topological polar surface area (TPSA) is 54.9 Å². The van der Waals surface area contributed by atoms with Gasteiger partial charge in [0.25, 0.3) is 5.56 Å². The Labute approximate surface area is 134 Å². The second-order valence-electron chi connectivity index (χ2n) is 5.38. The minimum atomic E-state index is -0.440. The van der Waals surface area contributed by atoms with Crippen molar-refractivity contribution in [1.82, 2.24) is 9.55 Å². The number of rotatable bonds is 3. The lowest BCUT2D eigenvalue weighted by molar-refractivity contribution is 0.452. The lowest BCUT2D eigenvalue weighted by Crippen LogP contribution is -2.38. The van der Waals surface area contributed by atoms with Crippen molar-refractivity contribution < 1.29 is 0 Å². The SMILES string of the molecule is CC(C1CC1)n1c(=O)[nH]c(Cl)c(-c2ccc(Br)cc2)c1=O. The van der Waals surface area contributed by atoms with Crippen LogP contribution < -0.4 is 11.2 Å². The fraction of sp³-hybridized carbons (Fsp3) is 0.333. The molecule has 0 spiro atoms. The van der Waals surface area contributed by atoms with Gasteiger partial charge in [-0.1, -0.05) is 39.7 Å². The van der Waals surface area contributed by atoms with E-state index in [2.05, 4.69) is 20.9 Å². The van der Waals surface area contributed by atoms with Gasteiger partial charge in [0.1, 0.15) is 5.15 Å². The molecular weight excluding hydrogens is 356 g/mol. The molecule has 0 bridgehead atoms. The molecule has 1 aliphatic carbocycles. The molecule has 1 saturated carbocycles. The summed E-state index contributed by atoms with van der Waals surface area (Å²) < 4.78 is 2.21. The molecule has 2 aromatic rings. The first-order chi connectivity index (χ1) is 9.99. The fourth-order valence-electron chi connectivity index (χ4n) is 2.55. The molecule has 0 saturated heterocycles. The van der Waals surface area contributed by atoms with Crippen LogP contribution in [0.15, 0.2) is 38.3 Å². The average Bonchev–Trinajstić information content (AvgIpc) is 3.24. The van der Waals surface area contributed by atoms with Crippen LogP contribution in [0.1, 0.15) is 25.8 Å². The molecule has 110 valence electrons. The zero-order valence-corrected chi connectivity index (χ0v) is 13.7. The molecule has 1 N–H and O–H groups in total. The van der Waals surface area contributed by atoms with E-state index in [1.165, 1.54) is 4.57 Å². The van der Waals surface area contributed by atoms with Crippen molar-refractivity contribution in [3.8, 4) is 11.1 Å². The van der Waals surface area contributed by atoms with Gasteiger partial charge in [-0.15, -0.1) is 0 Å². The normalized spacial score (nSPS) is 16.0. The number of aromatic nitrogens is 2. The van der Waals surface area contributed by atoms with Gasteiger partial charge in [-0.05, 0) is 43.4 Å². The zero-order chi connectivity index (χ0) is 15.1. The molecule has 1 aliphatic rings. The molecule has 3 rings (SSSR count). The summed E-state index contributed by atoms with van der Waals surface area (Å²) in [4.78, 5) is 27.4. The van der Waals surface area contributed by atoms with E-state index in [1.54, 1.807) is 12.1 Å². The highest BCUT2D eigenvalue weighted by Crippen LogP contribution is 2.38. The summed E-state index contributed by atoms with van der Waals surface area (Å²) >= 11 is 9.46. The number of nitrogens with one attached hydrogen (secondary N) is 1. The van der Waals surface area contributed by atoms with Gasteiger partial charge >= 0.3 is 5.69 Å². The minimum absolute atomic E-state index is 0.0894. The Hall–Kier alpha value is -1.33. The third kappa shape index (κ3) is 2.72. The maximum absolute atomic E-state index is 12.7. The highest BCUT2D eigenvalue weighted by Gasteiger charge is 2.31. The smallest absolute Gasteiger partial charge is 0.297 e. The van der Waals surface area contributed by atoms with Crippen molar-refractivity contribution in [3.63, 3.8) is 0 Å². The second-order valence-corrected chi connectivity index (χ2v) is 6.67. The number of H-pyrrole nitrogens is 1. The summed E-state index contributed by atoms with van der Waals surface area (Å²) in [6, 6.07) is 7.18. The molecule has 4 nitrogen and oxygen atoms in total. The van der Waals surface area contributed by atoms with Crippen molar-refractivity contribution in [2.24, 2.45) is 5.92 Å².